The van der Waals surface area contributed by atoms with Gasteiger partial charge in [-0.3, -0.25) is 9.59 Å². The van der Waals surface area contributed by atoms with Crippen molar-refractivity contribution in [3.8, 4) is 0 Å². The van der Waals surface area contributed by atoms with Crippen molar-refractivity contribution in [2.24, 2.45) is 0 Å². The highest BCUT2D eigenvalue weighted by Crippen LogP contribution is 2.21. The first-order chi connectivity index (χ1) is 12.0. The van der Waals surface area contributed by atoms with Crippen LogP contribution in [0.4, 0.5) is 0 Å². The molecule has 1 aliphatic carbocycles. The highest BCUT2D eigenvalue weighted by Gasteiger charge is 2.28. The predicted molar refractivity (Wildman–Crippen MR) is 92.6 cm³/mol. The summed E-state index contributed by atoms with van der Waals surface area (Å²) >= 11 is 0. The van der Waals surface area contributed by atoms with E-state index in [9.17, 15) is 18.0 Å². The van der Waals surface area contributed by atoms with Crippen molar-refractivity contribution in [2.75, 3.05) is 26.2 Å². The van der Waals surface area contributed by atoms with Crippen LogP contribution in [-0.4, -0.2) is 62.2 Å². The molecular formula is C17H23N3O4S. The van der Waals surface area contributed by atoms with Crippen LogP contribution in [-0.2, 0) is 14.8 Å². The van der Waals surface area contributed by atoms with Gasteiger partial charge in [-0.2, -0.15) is 4.31 Å². The Kier molecular flexibility index (Phi) is 5.39. The van der Waals surface area contributed by atoms with E-state index in [1.807, 2.05) is 0 Å². The molecule has 136 valence electrons. The van der Waals surface area contributed by atoms with Crippen molar-refractivity contribution < 1.29 is 18.0 Å². The van der Waals surface area contributed by atoms with E-state index in [1.54, 1.807) is 17.0 Å². The van der Waals surface area contributed by atoms with E-state index < -0.39 is 10.0 Å². The van der Waals surface area contributed by atoms with Gasteiger partial charge >= 0.3 is 0 Å². The average molecular weight is 365 g/mol. The standard InChI is InChI=1S/C17H23N3O4S/c21-13-19-8-10-20(11-9-19)25(23,24)16-7-3-4-14(12-16)17(22)18-15-5-1-2-6-15/h3-4,7,12-13,15H,1-2,5-6,8-11H2,(H,18,22). The Bertz CT molecular complexity index is 736. The highest BCUT2D eigenvalue weighted by molar-refractivity contribution is 7.89. The van der Waals surface area contributed by atoms with Crippen LogP contribution < -0.4 is 5.32 Å². The molecule has 8 heteroatoms. The molecule has 0 unspecified atom stereocenters. The number of rotatable bonds is 5. The molecule has 2 amide bonds. The van der Waals surface area contributed by atoms with Crippen molar-refractivity contribution >= 4 is 22.3 Å². The minimum atomic E-state index is -3.67. The third kappa shape index (κ3) is 4.01. The Balaban J connectivity index is 1.73. The van der Waals surface area contributed by atoms with Gasteiger partial charge in [0.1, 0.15) is 0 Å². The normalized spacial score (nSPS) is 19.8. The molecule has 1 saturated carbocycles. The van der Waals surface area contributed by atoms with E-state index in [0.29, 0.717) is 18.7 Å². The number of benzene rings is 1. The Labute approximate surface area is 148 Å². The van der Waals surface area contributed by atoms with Crippen LogP contribution in [0.2, 0.25) is 0 Å². The molecule has 0 aromatic heterocycles. The zero-order chi connectivity index (χ0) is 17.9. The largest absolute Gasteiger partial charge is 0.349 e. The number of piperazine rings is 1. The predicted octanol–water partition coefficient (Wildman–Crippen LogP) is 0.822. The van der Waals surface area contributed by atoms with E-state index in [1.165, 1.54) is 16.4 Å². The van der Waals surface area contributed by atoms with Gasteiger partial charge in [-0.15, -0.1) is 0 Å². The number of carbonyl (C=O) groups excluding carboxylic acids is 2. The third-order valence-electron chi connectivity index (χ3n) is 4.85. The average Bonchev–Trinajstić information content (AvgIpc) is 3.15. The number of amides is 2. The van der Waals surface area contributed by atoms with Gasteiger partial charge in [-0.05, 0) is 31.0 Å². The second-order valence-electron chi connectivity index (χ2n) is 6.53. The molecule has 1 saturated heterocycles. The molecule has 1 N–H and O–H groups in total. The lowest BCUT2D eigenvalue weighted by molar-refractivity contribution is -0.119. The van der Waals surface area contributed by atoms with Crippen molar-refractivity contribution in [1.29, 1.82) is 0 Å². The van der Waals surface area contributed by atoms with Crippen molar-refractivity contribution in [1.82, 2.24) is 14.5 Å². The first-order valence-corrected chi connectivity index (χ1v) is 10.0. The SMILES string of the molecule is O=CN1CCN(S(=O)(=O)c2cccc(C(=O)NC3CCCC3)c2)CC1. The van der Waals surface area contributed by atoms with E-state index >= 15 is 0 Å². The monoisotopic (exact) mass is 365 g/mol. The fraction of sp³-hybridized carbons (Fsp3) is 0.529. The molecular weight excluding hydrogens is 342 g/mol. The lowest BCUT2D eigenvalue weighted by Gasteiger charge is -2.31. The summed E-state index contributed by atoms with van der Waals surface area (Å²) in [7, 11) is -3.67. The van der Waals surface area contributed by atoms with Crippen LogP contribution >= 0.6 is 0 Å². The Morgan fingerprint density at radius 3 is 2.44 bits per heavy atom. The lowest BCUT2D eigenvalue weighted by Crippen LogP contribution is -2.48. The summed E-state index contributed by atoms with van der Waals surface area (Å²) in [5.74, 6) is -0.227. The quantitative estimate of drug-likeness (QED) is 0.783. The van der Waals surface area contributed by atoms with Crippen LogP contribution in [0.25, 0.3) is 0 Å². The van der Waals surface area contributed by atoms with Crippen molar-refractivity contribution in [2.45, 2.75) is 36.6 Å². The summed E-state index contributed by atoms with van der Waals surface area (Å²) in [6.45, 7) is 1.29. The minimum Gasteiger partial charge on any atom is -0.349 e. The lowest BCUT2D eigenvalue weighted by atomic mass is 10.2. The van der Waals surface area contributed by atoms with Crippen molar-refractivity contribution in [3.63, 3.8) is 0 Å². The Morgan fingerprint density at radius 1 is 1.12 bits per heavy atom. The summed E-state index contributed by atoms with van der Waals surface area (Å²) < 4.78 is 26.9. The molecule has 0 bridgehead atoms. The molecule has 0 atom stereocenters. The zero-order valence-electron chi connectivity index (χ0n) is 14.1. The van der Waals surface area contributed by atoms with Crippen LogP contribution in [0.5, 0.6) is 0 Å². The van der Waals surface area contributed by atoms with E-state index in [0.717, 1.165) is 32.1 Å². The number of hydrogen-bond donors (Lipinski definition) is 1. The molecule has 7 nitrogen and oxygen atoms in total. The van der Waals surface area contributed by atoms with Gasteiger partial charge in [0.05, 0.1) is 4.90 Å². The van der Waals surface area contributed by atoms with E-state index in [-0.39, 0.29) is 29.9 Å². The van der Waals surface area contributed by atoms with Gasteiger partial charge < -0.3 is 10.2 Å². The smallest absolute Gasteiger partial charge is 0.251 e. The molecule has 3 rings (SSSR count). The first-order valence-electron chi connectivity index (χ1n) is 8.61. The molecule has 2 fully saturated rings. The molecule has 1 aliphatic heterocycles. The Hall–Kier alpha value is -1.93. The summed E-state index contributed by atoms with van der Waals surface area (Å²) in [5.41, 5.74) is 0.361. The molecule has 1 aromatic carbocycles. The molecule has 1 aromatic rings. The molecule has 0 spiro atoms. The Morgan fingerprint density at radius 2 is 1.80 bits per heavy atom. The first kappa shape index (κ1) is 17.9. The van der Waals surface area contributed by atoms with Gasteiger partial charge in [0.25, 0.3) is 5.91 Å². The fourth-order valence-electron chi connectivity index (χ4n) is 3.34. The molecule has 25 heavy (non-hydrogen) atoms. The number of nitrogens with zero attached hydrogens (tertiary/aromatic N) is 2. The summed E-state index contributed by atoms with van der Waals surface area (Å²) in [4.78, 5) is 24.8. The zero-order valence-corrected chi connectivity index (χ0v) is 14.9. The topological polar surface area (TPSA) is 86.8 Å². The van der Waals surface area contributed by atoms with E-state index in [4.69, 9.17) is 0 Å². The molecule has 0 radical (unpaired) electrons. The maximum atomic E-state index is 12.8. The fourth-order valence-corrected chi connectivity index (χ4v) is 4.80. The second-order valence-corrected chi connectivity index (χ2v) is 8.47. The van der Waals surface area contributed by atoms with Gasteiger partial charge in [0.15, 0.2) is 0 Å². The maximum Gasteiger partial charge on any atom is 0.251 e. The van der Waals surface area contributed by atoms with E-state index in [2.05, 4.69) is 5.32 Å². The number of nitrogens with one attached hydrogen (secondary N) is 1. The number of sulfonamides is 1. The van der Waals surface area contributed by atoms with Gasteiger partial charge in [-0.25, -0.2) is 8.42 Å². The summed E-state index contributed by atoms with van der Waals surface area (Å²) in [6.07, 6.45) is 4.92. The minimum absolute atomic E-state index is 0.117. The van der Waals surface area contributed by atoms with Crippen LogP contribution in [0.15, 0.2) is 29.2 Å². The highest BCUT2D eigenvalue weighted by atomic mass is 32.2. The maximum absolute atomic E-state index is 12.8. The number of carbonyl (C=O) groups is 2. The van der Waals surface area contributed by atoms with Gasteiger partial charge in [-0.1, -0.05) is 18.9 Å². The van der Waals surface area contributed by atoms with Gasteiger partial charge in [0, 0.05) is 37.8 Å². The summed E-state index contributed by atoms with van der Waals surface area (Å²) in [6, 6.07) is 6.36. The summed E-state index contributed by atoms with van der Waals surface area (Å²) in [5, 5.41) is 2.97. The second kappa shape index (κ2) is 7.53. The third-order valence-corrected chi connectivity index (χ3v) is 6.74. The van der Waals surface area contributed by atoms with Gasteiger partial charge in [0.2, 0.25) is 16.4 Å². The molecule has 2 aliphatic rings. The molecule has 1 heterocycles. The van der Waals surface area contributed by atoms with Crippen molar-refractivity contribution in [3.05, 3.63) is 29.8 Å². The van der Waals surface area contributed by atoms with Crippen LogP contribution in [0.3, 0.4) is 0 Å². The van der Waals surface area contributed by atoms with Crippen LogP contribution in [0.1, 0.15) is 36.0 Å². The number of hydrogen-bond acceptors (Lipinski definition) is 4. The van der Waals surface area contributed by atoms with Crippen LogP contribution in [0, 0.1) is 0 Å².